The van der Waals surface area contributed by atoms with Gasteiger partial charge in [0.2, 0.25) is 0 Å². The van der Waals surface area contributed by atoms with Gasteiger partial charge in [-0.3, -0.25) is 14.3 Å². The van der Waals surface area contributed by atoms with E-state index in [0.717, 1.165) is 4.88 Å². The van der Waals surface area contributed by atoms with E-state index in [1.807, 2.05) is 6.07 Å². The Hall–Kier alpha value is -4.03. The Kier molecular flexibility index (Phi) is 5.24. The Balaban J connectivity index is 1.48. The number of oxazole rings is 1. The molecule has 3 aromatic heterocycles. The van der Waals surface area contributed by atoms with Crippen LogP contribution in [-0.4, -0.2) is 26.5 Å². The zero-order chi connectivity index (χ0) is 21.1. The second kappa shape index (κ2) is 8.14. The second-order valence-electron chi connectivity index (χ2n) is 6.40. The van der Waals surface area contributed by atoms with E-state index in [-0.39, 0.29) is 17.2 Å². The number of benzene rings is 1. The van der Waals surface area contributed by atoms with Crippen molar-refractivity contribution in [2.75, 3.05) is 5.32 Å². The van der Waals surface area contributed by atoms with Gasteiger partial charge >= 0.3 is 0 Å². The number of aromatic nitrogens is 3. The summed E-state index contributed by atoms with van der Waals surface area (Å²) >= 11 is 1.42. The molecule has 0 unspecified atom stereocenters. The van der Waals surface area contributed by atoms with Crippen LogP contribution in [0.4, 0.5) is 5.82 Å². The van der Waals surface area contributed by atoms with Gasteiger partial charge in [0.1, 0.15) is 0 Å². The number of carbonyl (C=O) groups is 2. The van der Waals surface area contributed by atoms with E-state index in [4.69, 9.17) is 9.68 Å². The number of rotatable bonds is 6. The van der Waals surface area contributed by atoms with Crippen molar-refractivity contribution in [1.29, 1.82) is 5.26 Å². The molecule has 0 saturated carbocycles. The number of ketones is 1. The van der Waals surface area contributed by atoms with Crippen LogP contribution in [0, 0.1) is 11.3 Å². The van der Waals surface area contributed by atoms with E-state index >= 15 is 0 Å². The number of thiophene rings is 1. The molecule has 0 saturated heterocycles. The molecule has 3 heterocycles. The van der Waals surface area contributed by atoms with Crippen molar-refractivity contribution in [3.63, 3.8) is 0 Å². The first kappa shape index (κ1) is 19.3. The molecule has 8 nitrogen and oxygen atoms in total. The predicted molar refractivity (Wildman–Crippen MR) is 110 cm³/mol. The zero-order valence-corrected chi connectivity index (χ0v) is 16.6. The minimum atomic E-state index is -0.471. The number of Topliss-reactive ketones (excluding diaryl/α,β-unsaturated/α-hetero) is 1. The van der Waals surface area contributed by atoms with Gasteiger partial charge < -0.3 is 9.73 Å². The number of hydrogen-bond acceptors (Lipinski definition) is 7. The van der Waals surface area contributed by atoms with Crippen molar-refractivity contribution in [1.82, 2.24) is 14.8 Å². The Labute approximate surface area is 175 Å². The molecule has 0 spiro atoms. The molecule has 30 heavy (non-hydrogen) atoms. The Bertz CT molecular complexity index is 1280. The van der Waals surface area contributed by atoms with Gasteiger partial charge in [-0.25, -0.2) is 4.98 Å². The Morgan fingerprint density at radius 2 is 2.13 bits per heavy atom. The number of nitrogens with one attached hydrogen (secondary N) is 1. The largest absolute Gasteiger partial charge is 0.443 e. The third-order valence-electron chi connectivity index (χ3n) is 4.25. The lowest BCUT2D eigenvalue weighted by molar-refractivity contribution is 0.101. The van der Waals surface area contributed by atoms with Crippen LogP contribution >= 0.6 is 11.3 Å². The van der Waals surface area contributed by atoms with Crippen molar-refractivity contribution >= 4 is 28.8 Å². The van der Waals surface area contributed by atoms with Gasteiger partial charge in [-0.05, 0) is 31.2 Å². The smallest absolute Gasteiger partial charge is 0.279 e. The van der Waals surface area contributed by atoms with E-state index in [1.54, 1.807) is 47.3 Å². The van der Waals surface area contributed by atoms with Crippen molar-refractivity contribution in [2.45, 2.75) is 13.5 Å². The maximum absolute atomic E-state index is 12.7. The van der Waals surface area contributed by atoms with Crippen LogP contribution in [-0.2, 0) is 6.54 Å². The molecule has 1 amide bonds. The van der Waals surface area contributed by atoms with Crippen molar-refractivity contribution in [3.8, 4) is 17.4 Å². The highest BCUT2D eigenvalue weighted by Crippen LogP contribution is 2.25. The minimum absolute atomic E-state index is 0.0309. The molecule has 0 radical (unpaired) electrons. The summed E-state index contributed by atoms with van der Waals surface area (Å²) in [6.45, 7) is 2.02. The molecular weight excluding hydrogens is 402 g/mol. The molecule has 0 bridgehead atoms. The van der Waals surface area contributed by atoms with Gasteiger partial charge in [0, 0.05) is 22.7 Å². The zero-order valence-electron chi connectivity index (χ0n) is 15.8. The summed E-state index contributed by atoms with van der Waals surface area (Å²) in [6.07, 6.45) is 2.92. The molecule has 0 aliphatic heterocycles. The van der Waals surface area contributed by atoms with Gasteiger partial charge in [0.15, 0.2) is 29.4 Å². The summed E-state index contributed by atoms with van der Waals surface area (Å²) in [5.41, 5.74) is 1.14. The summed E-state index contributed by atoms with van der Waals surface area (Å²) in [5.74, 6) is 0.201. The summed E-state index contributed by atoms with van der Waals surface area (Å²) < 4.78 is 7.05. The molecule has 0 atom stereocenters. The Morgan fingerprint density at radius 1 is 1.27 bits per heavy atom. The lowest BCUT2D eigenvalue weighted by Crippen LogP contribution is -2.14. The number of hydrogen-bond donors (Lipinski definition) is 1. The lowest BCUT2D eigenvalue weighted by atomic mass is 10.1. The van der Waals surface area contributed by atoms with Crippen LogP contribution in [0.5, 0.6) is 0 Å². The first-order chi connectivity index (χ1) is 14.5. The fraction of sp³-hybridized carbons (Fsp3) is 0.0952. The lowest BCUT2D eigenvalue weighted by Gasteiger charge is -2.03. The van der Waals surface area contributed by atoms with Crippen LogP contribution < -0.4 is 5.32 Å². The van der Waals surface area contributed by atoms with E-state index in [1.165, 1.54) is 24.7 Å². The van der Waals surface area contributed by atoms with E-state index in [0.29, 0.717) is 28.4 Å². The molecule has 0 aliphatic rings. The summed E-state index contributed by atoms with van der Waals surface area (Å²) in [7, 11) is 0. The molecule has 4 rings (SSSR count). The normalized spacial score (nSPS) is 10.5. The van der Waals surface area contributed by atoms with Crippen LogP contribution in [0.15, 0.2) is 59.5 Å². The van der Waals surface area contributed by atoms with Crippen LogP contribution in [0.3, 0.4) is 0 Å². The molecule has 9 heteroatoms. The third kappa shape index (κ3) is 4.04. The van der Waals surface area contributed by atoms with Crippen LogP contribution in [0.2, 0.25) is 0 Å². The average molecular weight is 417 g/mol. The highest BCUT2D eigenvalue weighted by atomic mass is 32.1. The van der Waals surface area contributed by atoms with Crippen LogP contribution in [0.1, 0.15) is 37.5 Å². The molecular formula is C21H15N5O3S. The monoisotopic (exact) mass is 417 g/mol. The highest BCUT2D eigenvalue weighted by Gasteiger charge is 2.19. The SMILES string of the molecule is CC(=O)c1ccc(Cn2ccc(NC(=O)c3ncoc3-c3cccc(C#N)c3)n2)s1. The number of amides is 1. The van der Waals surface area contributed by atoms with E-state index in [2.05, 4.69) is 21.5 Å². The van der Waals surface area contributed by atoms with Gasteiger partial charge in [-0.1, -0.05) is 12.1 Å². The maximum atomic E-state index is 12.7. The van der Waals surface area contributed by atoms with Crippen molar-refractivity contribution in [2.24, 2.45) is 0 Å². The highest BCUT2D eigenvalue weighted by molar-refractivity contribution is 7.14. The molecule has 0 fully saturated rings. The fourth-order valence-electron chi connectivity index (χ4n) is 2.85. The summed E-state index contributed by atoms with van der Waals surface area (Å²) in [6, 6.07) is 14.2. The van der Waals surface area contributed by atoms with Gasteiger partial charge in [0.05, 0.1) is 23.1 Å². The number of anilines is 1. The van der Waals surface area contributed by atoms with Crippen molar-refractivity contribution < 1.29 is 14.0 Å². The van der Waals surface area contributed by atoms with E-state index < -0.39 is 5.91 Å². The number of carbonyl (C=O) groups excluding carboxylic acids is 2. The maximum Gasteiger partial charge on any atom is 0.279 e. The molecule has 1 aromatic carbocycles. The average Bonchev–Trinajstić information content (AvgIpc) is 3.49. The quantitative estimate of drug-likeness (QED) is 0.475. The van der Waals surface area contributed by atoms with Gasteiger partial charge in [-0.15, -0.1) is 11.3 Å². The fourth-order valence-corrected chi connectivity index (χ4v) is 3.74. The third-order valence-corrected chi connectivity index (χ3v) is 5.42. The topological polar surface area (TPSA) is 114 Å². The minimum Gasteiger partial charge on any atom is -0.443 e. The van der Waals surface area contributed by atoms with E-state index in [9.17, 15) is 9.59 Å². The molecule has 1 N–H and O–H groups in total. The molecule has 4 aromatic rings. The predicted octanol–water partition coefficient (Wildman–Crippen LogP) is 3.97. The number of nitriles is 1. The Morgan fingerprint density at radius 3 is 2.90 bits per heavy atom. The molecule has 0 aliphatic carbocycles. The number of nitrogens with zero attached hydrogens (tertiary/aromatic N) is 4. The van der Waals surface area contributed by atoms with Crippen molar-refractivity contribution in [3.05, 3.63) is 76.1 Å². The first-order valence-corrected chi connectivity index (χ1v) is 9.73. The second-order valence-corrected chi connectivity index (χ2v) is 7.57. The standard InChI is InChI=1S/C21H15N5O3S/c1-13(27)17-6-5-16(30-17)11-26-8-7-18(25-26)24-21(28)19-20(29-12-23-19)15-4-2-3-14(9-15)10-22/h2-9,12H,11H2,1H3,(H,24,25,28). The van der Waals surface area contributed by atoms with Gasteiger partial charge in [-0.2, -0.15) is 10.4 Å². The molecule has 148 valence electrons. The summed E-state index contributed by atoms with van der Waals surface area (Å²) in [5, 5.41) is 16.1. The van der Waals surface area contributed by atoms with Gasteiger partial charge in [0.25, 0.3) is 5.91 Å². The van der Waals surface area contributed by atoms with Crippen LogP contribution in [0.25, 0.3) is 11.3 Å². The first-order valence-electron chi connectivity index (χ1n) is 8.92. The summed E-state index contributed by atoms with van der Waals surface area (Å²) in [4.78, 5) is 29.8.